The SMILES string of the molecule is O=C(O)Cn1cc(Cl)c2ccc(Cl)cc21. The van der Waals surface area contributed by atoms with E-state index in [9.17, 15) is 4.79 Å². The molecule has 0 radical (unpaired) electrons. The Labute approximate surface area is 95.8 Å². The molecule has 15 heavy (non-hydrogen) atoms. The summed E-state index contributed by atoms with van der Waals surface area (Å²) in [7, 11) is 0. The molecule has 0 bridgehead atoms. The van der Waals surface area contributed by atoms with Crippen molar-refractivity contribution >= 4 is 40.1 Å². The molecule has 2 aromatic rings. The normalized spacial score (nSPS) is 10.8. The highest BCUT2D eigenvalue weighted by Gasteiger charge is 2.09. The minimum Gasteiger partial charge on any atom is -0.480 e. The maximum Gasteiger partial charge on any atom is 0.323 e. The van der Waals surface area contributed by atoms with Crippen molar-refractivity contribution in [2.45, 2.75) is 6.54 Å². The first-order valence-corrected chi connectivity index (χ1v) is 4.99. The van der Waals surface area contributed by atoms with Gasteiger partial charge >= 0.3 is 5.97 Å². The van der Waals surface area contributed by atoms with Gasteiger partial charge in [-0.2, -0.15) is 0 Å². The summed E-state index contributed by atoms with van der Waals surface area (Å²) in [6, 6.07) is 5.20. The number of rotatable bonds is 2. The standard InChI is InChI=1S/C10H7Cl2NO2/c11-6-1-2-7-8(12)4-13(5-10(14)15)9(7)3-6/h1-4H,5H2,(H,14,15). The first-order valence-electron chi connectivity index (χ1n) is 4.23. The van der Waals surface area contributed by atoms with Crippen LogP contribution in [0.5, 0.6) is 0 Å². The number of halogens is 2. The first-order chi connectivity index (χ1) is 7.08. The number of carboxylic acid groups (broad SMARTS) is 1. The zero-order chi connectivity index (χ0) is 11.0. The van der Waals surface area contributed by atoms with Crippen LogP contribution in [0.15, 0.2) is 24.4 Å². The molecule has 0 aliphatic rings. The van der Waals surface area contributed by atoms with Gasteiger partial charge in [-0.3, -0.25) is 4.79 Å². The Morgan fingerprint density at radius 2 is 2.13 bits per heavy atom. The molecule has 3 nitrogen and oxygen atoms in total. The lowest BCUT2D eigenvalue weighted by Crippen LogP contribution is -2.07. The van der Waals surface area contributed by atoms with E-state index < -0.39 is 5.97 Å². The summed E-state index contributed by atoms with van der Waals surface area (Å²) in [5, 5.41) is 10.6. The Morgan fingerprint density at radius 1 is 1.40 bits per heavy atom. The molecule has 2 rings (SSSR count). The molecular weight excluding hydrogens is 237 g/mol. The third-order valence-corrected chi connectivity index (χ3v) is 2.64. The molecule has 0 saturated carbocycles. The minimum atomic E-state index is -0.913. The number of fused-ring (bicyclic) bond motifs is 1. The summed E-state index contributed by atoms with van der Waals surface area (Å²) in [5.74, 6) is -0.913. The zero-order valence-corrected chi connectivity index (χ0v) is 9.09. The maximum absolute atomic E-state index is 10.6. The van der Waals surface area contributed by atoms with Gasteiger partial charge in [0.1, 0.15) is 6.54 Å². The van der Waals surface area contributed by atoms with Crippen LogP contribution in [0.4, 0.5) is 0 Å². The quantitative estimate of drug-likeness (QED) is 0.882. The highest BCUT2D eigenvalue weighted by molar-refractivity contribution is 6.36. The van der Waals surface area contributed by atoms with Gasteiger partial charge in [-0.25, -0.2) is 0 Å². The highest BCUT2D eigenvalue weighted by Crippen LogP contribution is 2.27. The molecule has 0 aliphatic carbocycles. The van der Waals surface area contributed by atoms with Crippen molar-refractivity contribution in [2.75, 3.05) is 0 Å². The second-order valence-electron chi connectivity index (χ2n) is 3.16. The van der Waals surface area contributed by atoms with Gasteiger partial charge in [-0.15, -0.1) is 0 Å². The number of aliphatic carboxylic acids is 1. The van der Waals surface area contributed by atoms with Crippen molar-refractivity contribution in [1.82, 2.24) is 4.57 Å². The van der Waals surface area contributed by atoms with E-state index in [1.54, 1.807) is 29.0 Å². The van der Waals surface area contributed by atoms with E-state index in [2.05, 4.69) is 0 Å². The predicted molar refractivity (Wildman–Crippen MR) is 59.6 cm³/mol. The molecule has 1 N–H and O–H groups in total. The first kappa shape index (κ1) is 10.3. The van der Waals surface area contributed by atoms with Gasteiger partial charge in [0.2, 0.25) is 0 Å². The number of nitrogens with zero attached hydrogens (tertiary/aromatic N) is 1. The number of carboxylic acids is 1. The van der Waals surface area contributed by atoms with E-state index in [1.165, 1.54) is 0 Å². The van der Waals surface area contributed by atoms with Gasteiger partial charge in [-0.1, -0.05) is 23.2 Å². The lowest BCUT2D eigenvalue weighted by molar-refractivity contribution is -0.137. The monoisotopic (exact) mass is 243 g/mol. The van der Waals surface area contributed by atoms with Crippen LogP contribution in [0.1, 0.15) is 0 Å². The van der Waals surface area contributed by atoms with Crippen LogP contribution >= 0.6 is 23.2 Å². The Morgan fingerprint density at radius 3 is 2.80 bits per heavy atom. The maximum atomic E-state index is 10.6. The average molecular weight is 244 g/mol. The highest BCUT2D eigenvalue weighted by atomic mass is 35.5. The lowest BCUT2D eigenvalue weighted by Gasteiger charge is -2.00. The fraction of sp³-hybridized carbons (Fsp3) is 0.100. The van der Waals surface area contributed by atoms with E-state index in [0.29, 0.717) is 10.0 Å². The zero-order valence-electron chi connectivity index (χ0n) is 7.58. The van der Waals surface area contributed by atoms with Crippen molar-refractivity contribution in [3.8, 4) is 0 Å². The van der Waals surface area contributed by atoms with Crippen LogP contribution in [-0.2, 0) is 11.3 Å². The number of hydrogen-bond donors (Lipinski definition) is 1. The molecular formula is C10H7Cl2NO2. The van der Waals surface area contributed by atoms with Gasteiger partial charge in [0.15, 0.2) is 0 Å². The number of benzene rings is 1. The molecule has 1 aromatic heterocycles. The fourth-order valence-corrected chi connectivity index (χ4v) is 1.94. The predicted octanol–water partition coefficient (Wildman–Crippen LogP) is 3.03. The molecule has 0 unspecified atom stereocenters. The number of carbonyl (C=O) groups is 1. The van der Waals surface area contributed by atoms with Crippen LogP contribution in [0.3, 0.4) is 0 Å². The number of hydrogen-bond acceptors (Lipinski definition) is 1. The second-order valence-corrected chi connectivity index (χ2v) is 4.00. The third-order valence-electron chi connectivity index (χ3n) is 2.10. The van der Waals surface area contributed by atoms with Gasteiger partial charge in [0.25, 0.3) is 0 Å². The van der Waals surface area contributed by atoms with E-state index >= 15 is 0 Å². The Hall–Kier alpha value is -1.19. The van der Waals surface area contributed by atoms with Crippen molar-refractivity contribution in [3.63, 3.8) is 0 Å². The molecule has 0 saturated heterocycles. The van der Waals surface area contributed by atoms with Crippen LogP contribution in [-0.4, -0.2) is 15.6 Å². The molecule has 0 spiro atoms. The molecule has 78 valence electrons. The average Bonchev–Trinajstić information content (AvgIpc) is 2.42. The molecule has 1 aromatic carbocycles. The summed E-state index contributed by atoms with van der Waals surface area (Å²) in [5.41, 5.74) is 0.731. The summed E-state index contributed by atoms with van der Waals surface area (Å²) < 4.78 is 1.56. The Kier molecular flexibility index (Phi) is 2.59. The second kappa shape index (κ2) is 3.76. The van der Waals surface area contributed by atoms with Crippen molar-refractivity contribution in [1.29, 1.82) is 0 Å². The number of aromatic nitrogens is 1. The van der Waals surface area contributed by atoms with E-state index in [4.69, 9.17) is 28.3 Å². The largest absolute Gasteiger partial charge is 0.480 e. The molecule has 5 heteroatoms. The van der Waals surface area contributed by atoms with E-state index in [0.717, 1.165) is 10.9 Å². The van der Waals surface area contributed by atoms with Gasteiger partial charge < -0.3 is 9.67 Å². The summed E-state index contributed by atoms with van der Waals surface area (Å²) in [6.07, 6.45) is 1.59. The molecule has 1 heterocycles. The van der Waals surface area contributed by atoms with Crippen molar-refractivity contribution in [2.24, 2.45) is 0 Å². The lowest BCUT2D eigenvalue weighted by atomic mass is 10.2. The molecule has 0 fully saturated rings. The van der Waals surface area contributed by atoms with Gasteiger partial charge in [0.05, 0.1) is 10.5 Å². The van der Waals surface area contributed by atoms with Gasteiger partial charge in [0, 0.05) is 16.6 Å². The van der Waals surface area contributed by atoms with Crippen LogP contribution in [0.2, 0.25) is 10.0 Å². The smallest absolute Gasteiger partial charge is 0.323 e. The van der Waals surface area contributed by atoms with Crippen LogP contribution < -0.4 is 0 Å². The summed E-state index contributed by atoms with van der Waals surface area (Å²) in [6.45, 7) is -0.121. The fourth-order valence-electron chi connectivity index (χ4n) is 1.50. The van der Waals surface area contributed by atoms with Crippen LogP contribution in [0, 0.1) is 0 Å². The van der Waals surface area contributed by atoms with E-state index in [-0.39, 0.29) is 6.54 Å². The molecule has 0 atom stereocenters. The van der Waals surface area contributed by atoms with Crippen molar-refractivity contribution in [3.05, 3.63) is 34.4 Å². The van der Waals surface area contributed by atoms with Crippen molar-refractivity contribution < 1.29 is 9.90 Å². The molecule has 0 aliphatic heterocycles. The Balaban J connectivity index is 2.64. The summed E-state index contributed by atoms with van der Waals surface area (Å²) >= 11 is 11.8. The van der Waals surface area contributed by atoms with Gasteiger partial charge in [-0.05, 0) is 18.2 Å². The minimum absolute atomic E-state index is 0.121. The molecule has 0 amide bonds. The third kappa shape index (κ3) is 1.94. The van der Waals surface area contributed by atoms with E-state index in [1.807, 2.05) is 0 Å². The Bertz CT molecular complexity index is 533. The van der Waals surface area contributed by atoms with Crippen LogP contribution in [0.25, 0.3) is 10.9 Å². The topological polar surface area (TPSA) is 42.2 Å². The summed E-state index contributed by atoms with van der Waals surface area (Å²) in [4.78, 5) is 10.6.